The van der Waals surface area contributed by atoms with E-state index in [2.05, 4.69) is 125 Å². The molecule has 0 fully saturated rings. The average molecular weight is 563 g/mol. The molecule has 3 heterocycles. The summed E-state index contributed by atoms with van der Waals surface area (Å²) >= 11 is 5.61. The average Bonchev–Trinajstić information content (AvgIpc) is 3.69. The van der Waals surface area contributed by atoms with Crippen molar-refractivity contribution in [2.24, 2.45) is 0 Å². The minimum absolute atomic E-state index is 0.297. The van der Waals surface area contributed by atoms with Gasteiger partial charge in [0.15, 0.2) is 0 Å². The Morgan fingerprint density at radius 1 is 0.872 bits per heavy atom. The molecule has 7 rings (SSSR count). The molecule has 0 saturated heterocycles. The number of anilines is 2. The summed E-state index contributed by atoms with van der Waals surface area (Å²) in [6, 6.07) is 26.8. The summed E-state index contributed by atoms with van der Waals surface area (Å²) < 4.78 is 0. The molecule has 0 amide bonds. The summed E-state index contributed by atoms with van der Waals surface area (Å²) in [4.78, 5) is 7.71. The van der Waals surface area contributed by atoms with Crippen LogP contribution in [-0.4, -0.2) is 18.5 Å². The van der Waals surface area contributed by atoms with Crippen molar-refractivity contribution in [2.45, 2.75) is 35.4 Å². The van der Waals surface area contributed by atoms with Crippen LogP contribution in [0.2, 0.25) is 0 Å². The van der Waals surface area contributed by atoms with E-state index in [-0.39, 0.29) is 0 Å². The van der Waals surface area contributed by atoms with Gasteiger partial charge in [-0.15, -0.1) is 0 Å². The summed E-state index contributed by atoms with van der Waals surface area (Å²) in [5, 5.41) is 6.00. The van der Waals surface area contributed by atoms with Crippen LogP contribution in [0.5, 0.6) is 0 Å². The monoisotopic (exact) mass is 562 g/mol. The SMILES string of the molecule is CCN1C(=CC2=CC(=CC3Sc4ccc(-c5ccsc5)cc4N3CC)Cc3ccccc32)Sc2ccccc21. The number of thioether (sulfide) groups is 2. The lowest BCUT2D eigenvalue weighted by Crippen LogP contribution is -2.27. The Morgan fingerprint density at radius 3 is 2.59 bits per heavy atom. The standard InChI is InChI=1S/C34H30N2S3/c1-3-35-29-11-7-8-12-31(29)38-34(35)21-27-18-23(17-25-9-5-6-10-28(25)27)19-33-36(4-2)30-20-24(13-14-32(30)39-33)26-15-16-37-22-26/h5-16,18-22,33H,3-4,17H2,1-2H3. The van der Waals surface area contributed by atoms with E-state index in [0.29, 0.717) is 5.37 Å². The summed E-state index contributed by atoms with van der Waals surface area (Å²) in [6.45, 7) is 6.46. The van der Waals surface area contributed by atoms with Crippen LogP contribution >= 0.6 is 34.9 Å². The van der Waals surface area contributed by atoms with Crippen LogP contribution in [0.3, 0.4) is 0 Å². The van der Waals surface area contributed by atoms with Crippen molar-refractivity contribution in [1.29, 1.82) is 0 Å². The topological polar surface area (TPSA) is 6.48 Å². The van der Waals surface area contributed by atoms with Crippen LogP contribution in [0.25, 0.3) is 16.7 Å². The smallest absolute Gasteiger partial charge is 0.0988 e. The molecule has 1 atom stereocenters. The first-order valence-electron chi connectivity index (χ1n) is 13.6. The molecule has 0 N–H and O–H groups in total. The number of benzene rings is 3. The molecular weight excluding hydrogens is 533 g/mol. The molecule has 4 aromatic rings. The van der Waals surface area contributed by atoms with Crippen LogP contribution in [0.15, 0.2) is 122 Å². The number of thiophene rings is 1. The van der Waals surface area contributed by atoms with E-state index in [4.69, 9.17) is 0 Å². The van der Waals surface area contributed by atoms with Crippen molar-refractivity contribution in [2.75, 3.05) is 22.9 Å². The van der Waals surface area contributed by atoms with E-state index in [1.165, 1.54) is 59.6 Å². The Bertz CT molecular complexity index is 1630. The third-order valence-electron chi connectivity index (χ3n) is 7.67. The van der Waals surface area contributed by atoms with E-state index in [1.54, 1.807) is 11.3 Å². The van der Waals surface area contributed by atoms with Crippen molar-refractivity contribution >= 4 is 51.8 Å². The van der Waals surface area contributed by atoms with Gasteiger partial charge in [0, 0.05) is 22.9 Å². The quantitative estimate of drug-likeness (QED) is 0.239. The van der Waals surface area contributed by atoms with E-state index in [9.17, 15) is 0 Å². The van der Waals surface area contributed by atoms with Gasteiger partial charge in [-0.2, -0.15) is 11.3 Å². The predicted octanol–water partition coefficient (Wildman–Crippen LogP) is 9.71. The lowest BCUT2D eigenvalue weighted by Gasteiger charge is -2.25. The number of hydrogen-bond acceptors (Lipinski definition) is 5. The highest BCUT2D eigenvalue weighted by atomic mass is 32.2. The maximum atomic E-state index is 2.55. The molecule has 2 aliphatic heterocycles. The zero-order chi connectivity index (χ0) is 26.3. The van der Waals surface area contributed by atoms with Gasteiger partial charge in [-0.05, 0) is 107 Å². The maximum Gasteiger partial charge on any atom is 0.0988 e. The lowest BCUT2D eigenvalue weighted by atomic mass is 9.87. The van der Waals surface area contributed by atoms with E-state index < -0.39 is 0 Å². The van der Waals surface area contributed by atoms with Crippen LogP contribution < -0.4 is 9.80 Å². The number of hydrogen-bond donors (Lipinski definition) is 0. The molecule has 0 radical (unpaired) electrons. The molecule has 1 aromatic heterocycles. The largest absolute Gasteiger partial charge is 0.355 e. The first-order valence-corrected chi connectivity index (χ1v) is 16.2. The van der Waals surface area contributed by atoms with E-state index in [0.717, 1.165) is 19.5 Å². The number of para-hydroxylation sites is 1. The fraction of sp³-hybridized carbons (Fsp3) is 0.176. The minimum Gasteiger partial charge on any atom is -0.355 e. The maximum absolute atomic E-state index is 2.55. The second-order valence-corrected chi connectivity index (χ2v) is 13.0. The van der Waals surface area contributed by atoms with Crippen LogP contribution in [0.1, 0.15) is 25.0 Å². The van der Waals surface area contributed by atoms with Gasteiger partial charge in [-0.25, -0.2) is 0 Å². The number of likely N-dealkylation sites (N-methyl/N-ethyl adjacent to an activating group) is 1. The highest BCUT2D eigenvalue weighted by Gasteiger charge is 2.29. The minimum atomic E-state index is 0.297. The van der Waals surface area contributed by atoms with Gasteiger partial charge >= 0.3 is 0 Å². The second kappa shape index (κ2) is 10.5. The van der Waals surface area contributed by atoms with Crippen molar-refractivity contribution in [3.63, 3.8) is 0 Å². The van der Waals surface area contributed by atoms with Crippen LogP contribution in [0, 0.1) is 0 Å². The zero-order valence-corrected chi connectivity index (χ0v) is 24.6. The van der Waals surface area contributed by atoms with Crippen molar-refractivity contribution in [3.8, 4) is 11.1 Å². The Labute approximate surface area is 243 Å². The fourth-order valence-corrected chi connectivity index (χ4v) is 8.97. The van der Waals surface area contributed by atoms with Gasteiger partial charge in [0.25, 0.3) is 0 Å². The summed E-state index contributed by atoms with van der Waals surface area (Å²) in [5.41, 5.74) is 10.7. The Kier molecular flexibility index (Phi) is 6.67. The summed E-state index contributed by atoms with van der Waals surface area (Å²) in [7, 11) is 0. The van der Waals surface area contributed by atoms with Crippen molar-refractivity contribution in [1.82, 2.24) is 0 Å². The molecule has 0 saturated carbocycles. The third kappa shape index (κ3) is 4.57. The molecule has 0 bridgehead atoms. The number of rotatable bonds is 5. The van der Waals surface area contributed by atoms with E-state index in [1.807, 2.05) is 23.5 Å². The second-order valence-electron chi connectivity index (χ2n) is 9.96. The molecule has 5 heteroatoms. The Hall–Kier alpha value is -3.12. The first-order chi connectivity index (χ1) is 19.2. The van der Waals surface area contributed by atoms with Gasteiger partial charge in [0.2, 0.25) is 0 Å². The van der Waals surface area contributed by atoms with Gasteiger partial charge in [0.05, 0.1) is 21.8 Å². The summed E-state index contributed by atoms with van der Waals surface area (Å²) in [6.07, 6.45) is 8.31. The zero-order valence-electron chi connectivity index (χ0n) is 22.1. The van der Waals surface area contributed by atoms with Crippen molar-refractivity contribution in [3.05, 3.63) is 124 Å². The number of nitrogens with zero attached hydrogens (tertiary/aromatic N) is 2. The molecule has 2 nitrogen and oxygen atoms in total. The molecule has 3 aliphatic rings. The third-order valence-corrected chi connectivity index (χ3v) is 10.7. The fourth-order valence-electron chi connectivity index (χ4n) is 5.79. The molecule has 3 aromatic carbocycles. The van der Waals surface area contributed by atoms with Crippen LogP contribution in [0.4, 0.5) is 11.4 Å². The van der Waals surface area contributed by atoms with E-state index >= 15 is 0 Å². The van der Waals surface area contributed by atoms with Crippen LogP contribution in [-0.2, 0) is 6.42 Å². The molecule has 0 spiro atoms. The molecule has 1 aliphatic carbocycles. The molecule has 194 valence electrons. The Balaban J connectivity index is 1.24. The highest BCUT2D eigenvalue weighted by molar-refractivity contribution is 8.03. The Morgan fingerprint density at radius 2 is 1.74 bits per heavy atom. The molecule has 1 unspecified atom stereocenters. The highest BCUT2D eigenvalue weighted by Crippen LogP contribution is 2.48. The van der Waals surface area contributed by atoms with Gasteiger partial charge < -0.3 is 9.80 Å². The van der Waals surface area contributed by atoms with Gasteiger partial charge in [0.1, 0.15) is 0 Å². The first kappa shape index (κ1) is 24.9. The normalized spacial score (nSPS) is 19.8. The summed E-state index contributed by atoms with van der Waals surface area (Å²) in [5.74, 6) is 0. The number of fused-ring (bicyclic) bond motifs is 3. The molecule has 39 heavy (non-hydrogen) atoms. The van der Waals surface area contributed by atoms with Crippen molar-refractivity contribution < 1.29 is 0 Å². The lowest BCUT2D eigenvalue weighted by molar-refractivity contribution is 0.872. The predicted molar refractivity (Wildman–Crippen MR) is 172 cm³/mol. The molecular formula is C34H30N2S3. The van der Waals surface area contributed by atoms with Gasteiger partial charge in [-0.3, -0.25) is 0 Å². The van der Waals surface area contributed by atoms with Gasteiger partial charge in [-0.1, -0.05) is 72.1 Å². The number of allylic oxidation sites excluding steroid dienone is 4.